The van der Waals surface area contributed by atoms with E-state index in [4.69, 9.17) is 0 Å². The minimum Gasteiger partial charge on any atom is -0.280 e. The van der Waals surface area contributed by atoms with Crippen LogP contribution in [0.15, 0.2) is 47.4 Å². The van der Waals surface area contributed by atoms with Crippen LogP contribution in [0.2, 0.25) is 0 Å². The first-order valence-corrected chi connectivity index (χ1v) is 8.35. The van der Waals surface area contributed by atoms with Gasteiger partial charge in [-0.25, -0.2) is 13.9 Å². The summed E-state index contributed by atoms with van der Waals surface area (Å²) in [7, 11) is -2.35. The topological polar surface area (TPSA) is 84.5 Å². The van der Waals surface area contributed by atoms with Crippen LogP contribution < -0.4 is 10.2 Å². The second-order valence-corrected chi connectivity index (χ2v) is 6.74. The number of sulfonamides is 1. The zero-order chi connectivity index (χ0) is 17.0. The number of hydrogen-bond acceptors (Lipinski definition) is 4. The minimum atomic E-state index is -3.69. The lowest BCUT2D eigenvalue weighted by Crippen LogP contribution is -2.21. The van der Waals surface area contributed by atoms with Crippen molar-refractivity contribution in [2.24, 2.45) is 0 Å². The lowest BCUT2D eigenvalue weighted by atomic mass is 10.2. The number of carbonyl (C=O) groups excluding carboxylic acids is 1. The molecule has 2 N–H and O–H groups in total. The molecule has 7 heteroatoms. The molecule has 23 heavy (non-hydrogen) atoms. The molecule has 0 aliphatic rings. The smallest absolute Gasteiger partial charge is 0.274 e. The summed E-state index contributed by atoms with van der Waals surface area (Å²) in [5.41, 5.74) is 4.46. The van der Waals surface area contributed by atoms with E-state index in [-0.39, 0.29) is 4.90 Å². The summed E-state index contributed by atoms with van der Waals surface area (Å²) in [6.07, 6.45) is 0. The fourth-order valence-electron chi connectivity index (χ4n) is 2.05. The van der Waals surface area contributed by atoms with Gasteiger partial charge in [0.05, 0.1) is 12.0 Å². The summed E-state index contributed by atoms with van der Waals surface area (Å²) in [5, 5.41) is 0. The van der Waals surface area contributed by atoms with E-state index in [1.165, 1.54) is 31.4 Å². The van der Waals surface area contributed by atoms with Crippen LogP contribution in [0.4, 0.5) is 5.69 Å². The van der Waals surface area contributed by atoms with E-state index in [0.29, 0.717) is 16.8 Å². The van der Waals surface area contributed by atoms with Gasteiger partial charge < -0.3 is 0 Å². The Labute approximate surface area is 135 Å². The standard InChI is InChI=1S/C16H18N2O4S/c1-11-4-5-12(2)15(10-11)23(20,21)18-14-8-6-13(7-9-14)16(19)17-22-3/h4-10,18H,1-3H3,(H,17,19). The second-order valence-electron chi connectivity index (χ2n) is 5.09. The van der Waals surface area contributed by atoms with Crippen molar-refractivity contribution in [1.82, 2.24) is 5.48 Å². The third-order valence-electron chi connectivity index (χ3n) is 3.23. The molecular formula is C16H18N2O4S. The number of amides is 1. The molecule has 0 spiro atoms. The monoisotopic (exact) mass is 334 g/mol. The summed E-state index contributed by atoms with van der Waals surface area (Å²) in [6, 6.07) is 11.3. The van der Waals surface area contributed by atoms with Gasteiger partial charge in [-0.15, -0.1) is 0 Å². The van der Waals surface area contributed by atoms with E-state index < -0.39 is 15.9 Å². The molecule has 0 saturated carbocycles. The quantitative estimate of drug-likeness (QED) is 0.822. The molecule has 0 fully saturated rings. The van der Waals surface area contributed by atoms with Crippen molar-refractivity contribution in [2.75, 3.05) is 11.8 Å². The highest BCUT2D eigenvalue weighted by Crippen LogP contribution is 2.21. The van der Waals surface area contributed by atoms with Crippen LogP contribution in [0.5, 0.6) is 0 Å². The van der Waals surface area contributed by atoms with Crippen LogP contribution >= 0.6 is 0 Å². The van der Waals surface area contributed by atoms with Gasteiger partial charge in [-0.05, 0) is 55.3 Å². The van der Waals surface area contributed by atoms with Gasteiger partial charge in [0.1, 0.15) is 0 Å². The predicted octanol–water partition coefficient (Wildman–Crippen LogP) is 2.40. The van der Waals surface area contributed by atoms with Crippen LogP contribution in [-0.4, -0.2) is 21.4 Å². The van der Waals surface area contributed by atoms with Crippen LogP contribution in [0.25, 0.3) is 0 Å². The van der Waals surface area contributed by atoms with E-state index in [2.05, 4.69) is 15.0 Å². The summed E-state index contributed by atoms with van der Waals surface area (Å²) in [6.45, 7) is 3.58. The Hall–Kier alpha value is -2.38. The van der Waals surface area contributed by atoms with Crippen LogP contribution in [0.1, 0.15) is 21.5 Å². The van der Waals surface area contributed by atoms with Gasteiger partial charge in [-0.1, -0.05) is 12.1 Å². The average molecular weight is 334 g/mol. The summed E-state index contributed by atoms with van der Waals surface area (Å²) >= 11 is 0. The molecule has 0 saturated heterocycles. The number of anilines is 1. The van der Waals surface area contributed by atoms with E-state index in [9.17, 15) is 13.2 Å². The highest BCUT2D eigenvalue weighted by Gasteiger charge is 2.17. The molecule has 2 rings (SSSR count). The molecule has 0 aliphatic heterocycles. The van der Waals surface area contributed by atoms with Crippen molar-refractivity contribution in [3.05, 3.63) is 59.2 Å². The largest absolute Gasteiger partial charge is 0.280 e. The molecule has 2 aromatic carbocycles. The van der Waals surface area contributed by atoms with Crippen LogP contribution in [0, 0.1) is 13.8 Å². The van der Waals surface area contributed by atoms with Gasteiger partial charge in [0.25, 0.3) is 15.9 Å². The van der Waals surface area contributed by atoms with Crippen molar-refractivity contribution in [1.29, 1.82) is 0 Å². The molecule has 0 atom stereocenters. The third kappa shape index (κ3) is 4.08. The van der Waals surface area contributed by atoms with E-state index >= 15 is 0 Å². The highest BCUT2D eigenvalue weighted by molar-refractivity contribution is 7.92. The minimum absolute atomic E-state index is 0.235. The van der Waals surface area contributed by atoms with Crippen molar-refractivity contribution in [3.8, 4) is 0 Å². The number of nitrogens with one attached hydrogen (secondary N) is 2. The maximum absolute atomic E-state index is 12.5. The lowest BCUT2D eigenvalue weighted by molar-refractivity contribution is 0.0537. The third-order valence-corrected chi connectivity index (χ3v) is 4.75. The van der Waals surface area contributed by atoms with E-state index in [1.807, 2.05) is 13.0 Å². The SMILES string of the molecule is CONC(=O)c1ccc(NS(=O)(=O)c2cc(C)ccc2C)cc1. The number of aryl methyl sites for hydroxylation is 2. The second kappa shape index (κ2) is 6.80. The molecule has 2 aromatic rings. The predicted molar refractivity (Wildman–Crippen MR) is 87.6 cm³/mol. The average Bonchev–Trinajstić information content (AvgIpc) is 2.50. The fourth-order valence-corrected chi connectivity index (χ4v) is 3.44. The number of benzene rings is 2. The van der Waals surface area contributed by atoms with E-state index in [1.54, 1.807) is 19.1 Å². The van der Waals surface area contributed by atoms with Crippen molar-refractivity contribution in [2.45, 2.75) is 18.7 Å². The molecule has 0 aromatic heterocycles. The molecule has 0 heterocycles. The molecule has 6 nitrogen and oxygen atoms in total. The van der Waals surface area contributed by atoms with E-state index in [0.717, 1.165) is 5.56 Å². The fraction of sp³-hybridized carbons (Fsp3) is 0.188. The Balaban J connectivity index is 2.24. The zero-order valence-corrected chi connectivity index (χ0v) is 13.9. The first-order valence-electron chi connectivity index (χ1n) is 6.87. The summed E-state index contributed by atoms with van der Waals surface area (Å²) < 4.78 is 27.5. The van der Waals surface area contributed by atoms with Crippen molar-refractivity contribution in [3.63, 3.8) is 0 Å². The van der Waals surface area contributed by atoms with Gasteiger partial charge in [0, 0.05) is 11.3 Å². The Morgan fingerprint density at radius 1 is 1.04 bits per heavy atom. The van der Waals surface area contributed by atoms with Gasteiger partial charge >= 0.3 is 0 Å². The molecule has 1 amide bonds. The van der Waals surface area contributed by atoms with Gasteiger partial charge in [0.15, 0.2) is 0 Å². The first-order chi connectivity index (χ1) is 10.8. The molecule has 0 unspecified atom stereocenters. The Morgan fingerprint density at radius 2 is 1.70 bits per heavy atom. The van der Waals surface area contributed by atoms with Crippen molar-refractivity contribution >= 4 is 21.6 Å². The molecule has 122 valence electrons. The van der Waals surface area contributed by atoms with Crippen LogP contribution in [-0.2, 0) is 14.9 Å². The number of hydrogen-bond donors (Lipinski definition) is 2. The number of carbonyl (C=O) groups is 1. The molecule has 0 radical (unpaired) electrons. The molecule has 0 bridgehead atoms. The Morgan fingerprint density at radius 3 is 2.30 bits per heavy atom. The summed E-state index contributed by atoms with van der Waals surface area (Å²) in [4.78, 5) is 16.3. The zero-order valence-electron chi connectivity index (χ0n) is 13.1. The highest BCUT2D eigenvalue weighted by atomic mass is 32.2. The maximum Gasteiger partial charge on any atom is 0.274 e. The van der Waals surface area contributed by atoms with Crippen LogP contribution in [0.3, 0.4) is 0 Å². The molecule has 0 aliphatic carbocycles. The van der Waals surface area contributed by atoms with Gasteiger partial charge in [-0.3, -0.25) is 14.4 Å². The number of hydroxylamine groups is 1. The lowest BCUT2D eigenvalue weighted by Gasteiger charge is -2.11. The Bertz CT molecular complexity index is 814. The van der Waals surface area contributed by atoms with Crippen molar-refractivity contribution < 1.29 is 18.0 Å². The number of rotatable bonds is 5. The molecular weight excluding hydrogens is 316 g/mol. The summed E-state index contributed by atoms with van der Waals surface area (Å²) in [5.74, 6) is -0.406. The van der Waals surface area contributed by atoms with Gasteiger partial charge in [-0.2, -0.15) is 0 Å². The Kier molecular flexibility index (Phi) is 5.02. The maximum atomic E-state index is 12.5. The normalized spacial score (nSPS) is 11.1. The first kappa shape index (κ1) is 17.0. The van der Waals surface area contributed by atoms with Gasteiger partial charge in [0.2, 0.25) is 0 Å².